The highest BCUT2D eigenvalue weighted by atomic mass is 16.1. The SMILES string of the molecule is C=CC(=O)CCC1=C(C)CCC1C(=C)C. The van der Waals surface area contributed by atoms with Crippen molar-refractivity contribution in [3.05, 3.63) is 36.0 Å². The van der Waals surface area contributed by atoms with Gasteiger partial charge in [-0.1, -0.05) is 29.9 Å². The van der Waals surface area contributed by atoms with Crippen LogP contribution in [0, 0.1) is 5.92 Å². The molecule has 0 radical (unpaired) electrons. The van der Waals surface area contributed by atoms with E-state index in [0.29, 0.717) is 12.3 Å². The summed E-state index contributed by atoms with van der Waals surface area (Å²) in [5.74, 6) is 0.658. The minimum atomic E-state index is 0.141. The lowest BCUT2D eigenvalue weighted by Gasteiger charge is -2.14. The molecule has 1 rings (SSSR count). The van der Waals surface area contributed by atoms with Crippen LogP contribution in [-0.2, 0) is 4.79 Å². The Morgan fingerprint density at radius 3 is 2.80 bits per heavy atom. The van der Waals surface area contributed by atoms with E-state index < -0.39 is 0 Å². The fourth-order valence-electron chi connectivity index (χ4n) is 2.28. The summed E-state index contributed by atoms with van der Waals surface area (Å²) in [5.41, 5.74) is 4.13. The van der Waals surface area contributed by atoms with Crippen LogP contribution in [-0.4, -0.2) is 5.78 Å². The Labute approximate surface area is 92.6 Å². The predicted octanol–water partition coefficient (Wildman–Crippen LogP) is 3.82. The molecule has 1 atom stereocenters. The van der Waals surface area contributed by atoms with Gasteiger partial charge >= 0.3 is 0 Å². The van der Waals surface area contributed by atoms with E-state index in [1.165, 1.54) is 29.2 Å². The van der Waals surface area contributed by atoms with Crippen LogP contribution in [0.5, 0.6) is 0 Å². The number of hydrogen-bond acceptors (Lipinski definition) is 1. The van der Waals surface area contributed by atoms with E-state index in [0.717, 1.165) is 12.8 Å². The number of allylic oxidation sites excluding steroid dienone is 4. The first-order chi connectivity index (χ1) is 7.06. The number of carbonyl (C=O) groups is 1. The molecule has 1 heteroatoms. The van der Waals surface area contributed by atoms with Crippen molar-refractivity contribution in [2.45, 2.75) is 39.5 Å². The molecule has 82 valence electrons. The first kappa shape index (κ1) is 12.0. The molecular weight excluding hydrogens is 184 g/mol. The van der Waals surface area contributed by atoms with Gasteiger partial charge in [0.05, 0.1) is 0 Å². The van der Waals surface area contributed by atoms with Gasteiger partial charge < -0.3 is 0 Å². The standard InChI is InChI=1S/C14H20O/c1-5-12(15)7-9-14-11(4)6-8-13(14)10(2)3/h5,13H,1-2,6-9H2,3-4H3. The summed E-state index contributed by atoms with van der Waals surface area (Å²) in [6.45, 7) is 11.8. The van der Waals surface area contributed by atoms with Crippen molar-refractivity contribution in [1.29, 1.82) is 0 Å². The largest absolute Gasteiger partial charge is 0.295 e. The molecule has 0 fully saturated rings. The summed E-state index contributed by atoms with van der Waals surface area (Å²) < 4.78 is 0. The molecule has 0 N–H and O–H groups in total. The molecule has 15 heavy (non-hydrogen) atoms. The second-order valence-electron chi connectivity index (χ2n) is 4.41. The van der Waals surface area contributed by atoms with E-state index in [9.17, 15) is 4.79 Å². The minimum Gasteiger partial charge on any atom is -0.295 e. The van der Waals surface area contributed by atoms with Crippen molar-refractivity contribution in [2.24, 2.45) is 5.92 Å². The van der Waals surface area contributed by atoms with Crippen LogP contribution in [0.3, 0.4) is 0 Å². The van der Waals surface area contributed by atoms with Gasteiger partial charge in [-0.3, -0.25) is 4.79 Å². The number of hydrogen-bond donors (Lipinski definition) is 0. The molecule has 0 aromatic rings. The first-order valence-electron chi connectivity index (χ1n) is 5.55. The molecule has 1 unspecified atom stereocenters. The van der Waals surface area contributed by atoms with Gasteiger partial charge in [0.25, 0.3) is 0 Å². The highest BCUT2D eigenvalue weighted by Crippen LogP contribution is 2.38. The van der Waals surface area contributed by atoms with Gasteiger partial charge in [-0.15, -0.1) is 0 Å². The maximum absolute atomic E-state index is 11.2. The average molecular weight is 204 g/mol. The molecule has 1 aliphatic carbocycles. The maximum Gasteiger partial charge on any atom is 0.155 e. The van der Waals surface area contributed by atoms with Gasteiger partial charge in [-0.25, -0.2) is 0 Å². The molecule has 1 nitrogen and oxygen atoms in total. The zero-order valence-corrected chi connectivity index (χ0v) is 9.81. The van der Waals surface area contributed by atoms with E-state index in [-0.39, 0.29) is 5.78 Å². The smallest absolute Gasteiger partial charge is 0.155 e. The minimum absolute atomic E-state index is 0.141. The van der Waals surface area contributed by atoms with E-state index in [2.05, 4.69) is 27.0 Å². The third kappa shape index (κ3) is 2.92. The third-order valence-electron chi connectivity index (χ3n) is 3.24. The molecule has 0 bridgehead atoms. The molecule has 0 saturated heterocycles. The first-order valence-corrected chi connectivity index (χ1v) is 5.55. The van der Waals surface area contributed by atoms with Gasteiger partial charge in [-0.2, -0.15) is 0 Å². The Kier molecular flexibility index (Phi) is 4.07. The fraction of sp³-hybridized carbons (Fsp3) is 0.500. The molecule has 0 heterocycles. The Morgan fingerprint density at radius 2 is 2.27 bits per heavy atom. The van der Waals surface area contributed by atoms with Gasteiger partial charge in [0.15, 0.2) is 5.78 Å². The van der Waals surface area contributed by atoms with Crippen LogP contribution in [0.15, 0.2) is 36.0 Å². The Hall–Kier alpha value is -1.11. The fourth-order valence-corrected chi connectivity index (χ4v) is 2.28. The van der Waals surface area contributed by atoms with E-state index >= 15 is 0 Å². The average Bonchev–Trinajstić information content (AvgIpc) is 2.56. The number of ketones is 1. The summed E-state index contributed by atoms with van der Waals surface area (Å²) in [7, 11) is 0. The summed E-state index contributed by atoms with van der Waals surface area (Å²) in [5, 5.41) is 0. The highest BCUT2D eigenvalue weighted by molar-refractivity contribution is 5.89. The van der Waals surface area contributed by atoms with E-state index in [1.54, 1.807) is 0 Å². The van der Waals surface area contributed by atoms with Crippen LogP contribution >= 0.6 is 0 Å². The quantitative estimate of drug-likeness (QED) is 0.491. The van der Waals surface area contributed by atoms with Crippen molar-refractivity contribution in [2.75, 3.05) is 0 Å². The molecular formula is C14H20O. The molecule has 1 aliphatic rings. The lowest BCUT2D eigenvalue weighted by Crippen LogP contribution is -2.03. The van der Waals surface area contributed by atoms with Crippen LogP contribution in [0.25, 0.3) is 0 Å². The van der Waals surface area contributed by atoms with Crippen molar-refractivity contribution >= 4 is 5.78 Å². The lowest BCUT2D eigenvalue weighted by atomic mass is 9.90. The van der Waals surface area contributed by atoms with Crippen molar-refractivity contribution < 1.29 is 4.79 Å². The Morgan fingerprint density at radius 1 is 1.60 bits per heavy atom. The maximum atomic E-state index is 11.2. The third-order valence-corrected chi connectivity index (χ3v) is 3.24. The Balaban J connectivity index is 2.65. The van der Waals surface area contributed by atoms with Crippen LogP contribution < -0.4 is 0 Å². The van der Waals surface area contributed by atoms with E-state index in [1.807, 2.05) is 0 Å². The number of rotatable bonds is 5. The summed E-state index contributed by atoms with van der Waals surface area (Å²) >= 11 is 0. The van der Waals surface area contributed by atoms with E-state index in [4.69, 9.17) is 0 Å². The lowest BCUT2D eigenvalue weighted by molar-refractivity contribution is -0.114. The summed E-state index contributed by atoms with van der Waals surface area (Å²) in [6, 6.07) is 0. The summed E-state index contributed by atoms with van der Waals surface area (Å²) in [6.07, 6.45) is 5.24. The second-order valence-corrected chi connectivity index (χ2v) is 4.41. The van der Waals surface area contributed by atoms with Gasteiger partial charge in [0.1, 0.15) is 0 Å². The topological polar surface area (TPSA) is 17.1 Å². The molecule has 0 aromatic carbocycles. The monoisotopic (exact) mass is 204 g/mol. The van der Waals surface area contributed by atoms with Crippen LogP contribution in [0.2, 0.25) is 0 Å². The molecule has 0 saturated carbocycles. The Bertz CT molecular complexity index is 320. The van der Waals surface area contributed by atoms with Crippen LogP contribution in [0.4, 0.5) is 0 Å². The van der Waals surface area contributed by atoms with Crippen molar-refractivity contribution in [3.8, 4) is 0 Å². The molecule has 0 spiro atoms. The highest BCUT2D eigenvalue weighted by Gasteiger charge is 2.23. The predicted molar refractivity (Wildman–Crippen MR) is 64.7 cm³/mol. The normalized spacial score (nSPS) is 20.5. The molecule has 0 aliphatic heterocycles. The molecule has 0 aromatic heterocycles. The van der Waals surface area contributed by atoms with Crippen LogP contribution in [0.1, 0.15) is 39.5 Å². The zero-order chi connectivity index (χ0) is 11.4. The second kappa shape index (κ2) is 5.11. The summed E-state index contributed by atoms with van der Waals surface area (Å²) in [4.78, 5) is 11.2. The molecule has 0 amide bonds. The van der Waals surface area contributed by atoms with Gasteiger partial charge in [0.2, 0.25) is 0 Å². The number of carbonyl (C=O) groups excluding carboxylic acids is 1. The zero-order valence-electron chi connectivity index (χ0n) is 9.81. The van der Waals surface area contributed by atoms with Crippen molar-refractivity contribution in [3.63, 3.8) is 0 Å². The van der Waals surface area contributed by atoms with Gasteiger partial charge in [0, 0.05) is 12.3 Å². The van der Waals surface area contributed by atoms with Crippen molar-refractivity contribution in [1.82, 2.24) is 0 Å². The van der Waals surface area contributed by atoms with Gasteiger partial charge in [-0.05, 0) is 39.2 Å².